The van der Waals surface area contributed by atoms with E-state index in [0.717, 1.165) is 57.3 Å². The van der Waals surface area contributed by atoms with Gasteiger partial charge in [-0.2, -0.15) is 0 Å². The van der Waals surface area contributed by atoms with Gasteiger partial charge in [-0.15, -0.1) is 24.0 Å². The number of hydrogen-bond acceptors (Lipinski definition) is 5. The number of rotatable bonds is 10. The first-order valence-electron chi connectivity index (χ1n) is 10.5. The van der Waals surface area contributed by atoms with Crippen molar-refractivity contribution in [2.45, 2.75) is 46.8 Å². The van der Waals surface area contributed by atoms with Gasteiger partial charge in [-0.25, -0.2) is 9.98 Å². The molecule has 166 valence electrons. The molecule has 2 N–H and O–H groups in total. The van der Waals surface area contributed by atoms with Crippen molar-refractivity contribution in [1.29, 1.82) is 0 Å². The van der Waals surface area contributed by atoms with Crippen molar-refractivity contribution in [1.82, 2.24) is 20.5 Å². The Bertz CT molecular complexity index is 600. The number of ether oxygens (including phenoxy) is 2. The summed E-state index contributed by atoms with van der Waals surface area (Å²) in [6.45, 7) is 15.3. The van der Waals surface area contributed by atoms with Gasteiger partial charge in [0.15, 0.2) is 5.96 Å². The fraction of sp³-hybridized carbons (Fsp3) is 0.714. The summed E-state index contributed by atoms with van der Waals surface area (Å²) < 4.78 is 11.7. The Morgan fingerprint density at radius 3 is 2.93 bits per heavy atom. The molecular formula is C21H38IN5O2. The Labute approximate surface area is 193 Å². The van der Waals surface area contributed by atoms with E-state index >= 15 is 0 Å². The zero-order chi connectivity index (χ0) is 20.2. The molecule has 1 atom stereocenters. The van der Waals surface area contributed by atoms with Crippen LogP contribution >= 0.6 is 24.0 Å². The number of pyridine rings is 1. The molecule has 0 amide bonds. The van der Waals surface area contributed by atoms with Crippen molar-refractivity contribution in [2.75, 3.05) is 45.9 Å². The van der Waals surface area contributed by atoms with E-state index in [9.17, 15) is 0 Å². The average Bonchev–Trinajstić information content (AvgIpc) is 2.69. The Morgan fingerprint density at radius 2 is 2.21 bits per heavy atom. The van der Waals surface area contributed by atoms with Gasteiger partial charge in [-0.05, 0) is 25.3 Å². The van der Waals surface area contributed by atoms with Crippen LogP contribution in [0.25, 0.3) is 0 Å². The third kappa shape index (κ3) is 9.95. The van der Waals surface area contributed by atoms with E-state index in [2.05, 4.69) is 48.2 Å². The van der Waals surface area contributed by atoms with Crippen molar-refractivity contribution < 1.29 is 9.47 Å². The minimum Gasteiger partial charge on any atom is -0.477 e. The average molecular weight is 519 g/mol. The van der Waals surface area contributed by atoms with Gasteiger partial charge in [-0.1, -0.05) is 26.8 Å². The van der Waals surface area contributed by atoms with E-state index < -0.39 is 0 Å². The molecule has 1 saturated heterocycles. The molecule has 2 rings (SSSR count). The van der Waals surface area contributed by atoms with Gasteiger partial charge >= 0.3 is 0 Å². The van der Waals surface area contributed by atoms with Crippen molar-refractivity contribution in [2.24, 2.45) is 10.9 Å². The first-order chi connectivity index (χ1) is 13.6. The molecular weight excluding hydrogens is 481 g/mol. The topological polar surface area (TPSA) is 71.0 Å². The number of morpholine rings is 1. The Balaban J connectivity index is 0.00000420. The van der Waals surface area contributed by atoms with Crippen LogP contribution in [-0.4, -0.2) is 67.9 Å². The van der Waals surface area contributed by atoms with Crippen molar-refractivity contribution in [3.05, 3.63) is 23.9 Å². The fourth-order valence-corrected chi connectivity index (χ4v) is 3.18. The smallest absolute Gasteiger partial charge is 0.218 e. The number of nitrogens with zero attached hydrogens (tertiary/aromatic N) is 3. The van der Waals surface area contributed by atoms with Crippen LogP contribution in [0.1, 0.15) is 39.7 Å². The summed E-state index contributed by atoms with van der Waals surface area (Å²) in [6, 6.07) is 3.93. The predicted molar refractivity (Wildman–Crippen MR) is 129 cm³/mol. The SMILES string of the molecule is CCCOc1ncccc1CN=C(NCC)NCC1CN(CC(C)C)CCO1.I. The number of guanidine groups is 1. The van der Waals surface area contributed by atoms with Gasteiger partial charge in [-0.3, -0.25) is 4.90 Å². The molecule has 1 fully saturated rings. The largest absolute Gasteiger partial charge is 0.477 e. The zero-order valence-electron chi connectivity index (χ0n) is 18.3. The van der Waals surface area contributed by atoms with Crippen LogP contribution in [-0.2, 0) is 11.3 Å². The van der Waals surface area contributed by atoms with Gasteiger partial charge in [0.05, 0.1) is 25.9 Å². The monoisotopic (exact) mass is 519 g/mol. The molecule has 0 saturated carbocycles. The first kappa shape index (κ1) is 25.9. The second-order valence-corrected chi connectivity index (χ2v) is 7.54. The van der Waals surface area contributed by atoms with Gasteiger partial charge in [0, 0.05) is 44.5 Å². The fourth-order valence-electron chi connectivity index (χ4n) is 3.18. The van der Waals surface area contributed by atoms with E-state index in [1.165, 1.54) is 0 Å². The molecule has 0 radical (unpaired) electrons. The maximum Gasteiger partial charge on any atom is 0.218 e. The van der Waals surface area contributed by atoms with Gasteiger partial charge in [0.25, 0.3) is 0 Å². The van der Waals surface area contributed by atoms with Crippen LogP contribution < -0.4 is 15.4 Å². The van der Waals surface area contributed by atoms with E-state index in [1.54, 1.807) is 6.20 Å². The predicted octanol–water partition coefficient (Wildman–Crippen LogP) is 2.90. The second-order valence-electron chi connectivity index (χ2n) is 7.54. The van der Waals surface area contributed by atoms with Gasteiger partial charge in [0.1, 0.15) is 0 Å². The molecule has 1 aliphatic heterocycles. The highest BCUT2D eigenvalue weighted by Gasteiger charge is 2.21. The van der Waals surface area contributed by atoms with E-state index in [-0.39, 0.29) is 30.1 Å². The van der Waals surface area contributed by atoms with E-state index in [0.29, 0.717) is 24.9 Å². The molecule has 1 aliphatic rings. The lowest BCUT2D eigenvalue weighted by Gasteiger charge is -2.34. The van der Waals surface area contributed by atoms with Crippen LogP contribution in [0, 0.1) is 5.92 Å². The van der Waals surface area contributed by atoms with E-state index in [4.69, 9.17) is 14.5 Å². The standard InChI is InChI=1S/C21H37N5O2.HI/c1-5-11-28-20-18(8-7-9-23-20)13-24-21(22-6-2)25-14-19-16-26(10-12-27-19)15-17(3)4;/h7-9,17,19H,5-6,10-16H2,1-4H3,(H2,22,24,25);1H. The Morgan fingerprint density at radius 1 is 1.38 bits per heavy atom. The van der Waals surface area contributed by atoms with Crippen LogP contribution in [0.3, 0.4) is 0 Å². The van der Waals surface area contributed by atoms with Crippen molar-refractivity contribution >= 4 is 29.9 Å². The summed E-state index contributed by atoms with van der Waals surface area (Å²) >= 11 is 0. The number of nitrogens with one attached hydrogen (secondary N) is 2. The molecule has 1 unspecified atom stereocenters. The molecule has 1 aromatic rings. The lowest BCUT2D eigenvalue weighted by Crippen LogP contribution is -2.50. The summed E-state index contributed by atoms with van der Waals surface area (Å²) in [5, 5.41) is 6.73. The summed E-state index contributed by atoms with van der Waals surface area (Å²) in [6.07, 6.45) is 2.89. The molecule has 7 nitrogen and oxygen atoms in total. The van der Waals surface area contributed by atoms with Gasteiger partial charge < -0.3 is 20.1 Å². The lowest BCUT2D eigenvalue weighted by atomic mass is 10.2. The third-order valence-corrected chi connectivity index (χ3v) is 4.39. The molecule has 2 heterocycles. The maximum absolute atomic E-state index is 5.93. The zero-order valence-corrected chi connectivity index (χ0v) is 20.6. The molecule has 0 aromatic carbocycles. The summed E-state index contributed by atoms with van der Waals surface area (Å²) in [5.74, 6) is 2.13. The first-order valence-corrected chi connectivity index (χ1v) is 10.5. The maximum atomic E-state index is 5.93. The van der Waals surface area contributed by atoms with Crippen LogP contribution in [0.2, 0.25) is 0 Å². The normalized spacial score (nSPS) is 17.7. The Kier molecular flexibility index (Phi) is 13.2. The highest BCUT2D eigenvalue weighted by Crippen LogP contribution is 2.15. The molecule has 29 heavy (non-hydrogen) atoms. The minimum absolute atomic E-state index is 0. The number of aromatic nitrogens is 1. The second kappa shape index (κ2) is 14.8. The summed E-state index contributed by atoms with van der Waals surface area (Å²) in [7, 11) is 0. The van der Waals surface area contributed by atoms with Crippen molar-refractivity contribution in [3.8, 4) is 5.88 Å². The third-order valence-electron chi connectivity index (χ3n) is 4.39. The molecule has 1 aromatic heterocycles. The minimum atomic E-state index is 0. The Hall–Kier alpha value is -1.13. The number of aliphatic imine (C=N–C) groups is 1. The molecule has 8 heteroatoms. The highest BCUT2D eigenvalue weighted by atomic mass is 127. The van der Waals surface area contributed by atoms with Crippen molar-refractivity contribution in [3.63, 3.8) is 0 Å². The lowest BCUT2D eigenvalue weighted by molar-refractivity contribution is -0.0284. The highest BCUT2D eigenvalue weighted by molar-refractivity contribution is 14.0. The van der Waals surface area contributed by atoms with Crippen LogP contribution in [0.5, 0.6) is 5.88 Å². The van der Waals surface area contributed by atoms with Gasteiger partial charge in [0.2, 0.25) is 5.88 Å². The quantitative estimate of drug-likeness (QED) is 0.282. The summed E-state index contributed by atoms with van der Waals surface area (Å²) in [4.78, 5) is 11.5. The summed E-state index contributed by atoms with van der Waals surface area (Å²) in [5.41, 5.74) is 0.991. The molecule has 0 spiro atoms. The van der Waals surface area contributed by atoms with E-state index in [1.807, 2.05) is 12.1 Å². The van der Waals surface area contributed by atoms with Crippen LogP contribution in [0.15, 0.2) is 23.3 Å². The number of hydrogen-bond donors (Lipinski definition) is 2. The molecule has 0 bridgehead atoms. The van der Waals surface area contributed by atoms with Crippen LogP contribution in [0.4, 0.5) is 0 Å². The number of halogens is 1. The molecule has 0 aliphatic carbocycles.